The standard InChI is InChI=1S/C11H11N5O/c1-2-7-8-5-3-4-6-16(8)13-9(7)10-11(12)15-17-14-10/h3-6H,2H2,1H3,(H2,12,15). The molecule has 0 amide bonds. The van der Waals surface area contributed by atoms with Crippen molar-refractivity contribution in [2.75, 3.05) is 5.73 Å². The number of aryl methyl sites for hydroxylation is 1. The van der Waals surface area contributed by atoms with Crippen LogP contribution in [0.5, 0.6) is 0 Å². The fourth-order valence-corrected chi connectivity index (χ4v) is 1.95. The van der Waals surface area contributed by atoms with E-state index in [9.17, 15) is 0 Å². The van der Waals surface area contributed by atoms with Crippen LogP contribution in [-0.2, 0) is 6.42 Å². The summed E-state index contributed by atoms with van der Waals surface area (Å²) >= 11 is 0. The molecule has 0 aliphatic rings. The largest absolute Gasteiger partial charge is 0.379 e. The van der Waals surface area contributed by atoms with Crippen molar-refractivity contribution in [1.82, 2.24) is 19.9 Å². The summed E-state index contributed by atoms with van der Waals surface area (Å²) in [4.78, 5) is 0. The predicted molar refractivity (Wildman–Crippen MR) is 62.3 cm³/mol. The van der Waals surface area contributed by atoms with E-state index >= 15 is 0 Å². The van der Waals surface area contributed by atoms with Crippen LogP contribution < -0.4 is 5.73 Å². The first-order chi connectivity index (χ1) is 8.31. The Morgan fingerprint density at radius 1 is 1.29 bits per heavy atom. The highest BCUT2D eigenvalue weighted by Gasteiger charge is 2.18. The van der Waals surface area contributed by atoms with Gasteiger partial charge in [-0.3, -0.25) is 0 Å². The Bertz CT molecular complexity index is 669. The molecule has 0 aliphatic carbocycles. The number of anilines is 1. The SMILES string of the molecule is CCc1c(-c2nonc2N)nn2ccccc12. The van der Waals surface area contributed by atoms with Crippen molar-refractivity contribution in [2.24, 2.45) is 0 Å². The molecule has 3 aromatic heterocycles. The third-order valence-corrected chi connectivity index (χ3v) is 2.73. The summed E-state index contributed by atoms with van der Waals surface area (Å²) in [5.74, 6) is 0.267. The van der Waals surface area contributed by atoms with E-state index in [1.165, 1.54) is 0 Å². The second-order valence-corrected chi connectivity index (χ2v) is 3.71. The Morgan fingerprint density at radius 3 is 2.88 bits per heavy atom. The zero-order chi connectivity index (χ0) is 11.8. The van der Waals surface area contributed by atoms with Crippen molar-refractivity contribution >= 4 is 11.3 Å². The Morgan fingerprint density at radius 2 is 2.18 bits per heavy atom. The van der Waals surface area contributed by atoms with E-state index in [4.69, 9.17) is 5.73 Å². The van der Waals surface area contributed by atoms with Gasteiger partial charge in [0.25, 0.3) is 0 Å². The van der Waals surface area contributed by atoms with Gasteiger partial charge in [-0.05, 0) is 28.9 Å². The van der Waals surface area contributed by atoms with Gasteiger partial charge in [0.1, 0.15) is 5.69 Å². The summed E-state index contributed by atoms with van der Waals surface area (Å²) in [6.45, 7) is 2.07. The van der Waals surface area contributed by atoms with Gasteiger partial charge in [-0.25, -0.2) is 9.14 Å². The molecular formula is C11H11N5O. The van der Waals surface area contributed by atoms with Gasteiger partial charge in [0, 0.05) is 11.8 Å². The second-order valence-electron chi connectivity index (χ2n) is 3.71. The molecule has 3 heterocycles. The number of nitrogen functional groups attached to an aromatic ring is 1. The lowest BCUT2D eigenvalue weighted by Crippen LogP contribution is -1.91. The molecule has 3 rings (SSSR count). The van der Waals surface area contributed by atoms with E-state index in [1.54, 1.807) is 0 Å². The molecule has 3 aromatic rings. The first-order valence-corrected chi connectivity index (χ1v) is 5.36. The van der Waals surface area contributed by atoms with Crippen molar-refractivity contribution in [3.8, 4) is 11.4 Å². The lowest BCUT2D eigenvalue weighted by molar-refractivity contribution is 0.310. The van der Waals surface area contributed by atoms with Crippen LogP contribution in [0.15, 0.2) is 29.0 Å². The minimum atomic E-state index is 0.267. The molecule has 0 aromatic carbocycles. The maximum absolute atomic E-state index is 5.70. The van der Waals surface area contributed by atoms with Crippen molar-refractivity contribution in [1.29, 1.82) is 0 Å². The molecule has 6 nitrogen and oxygen atoms in total. The number of nitrogens with zero attached hydrogens (tertiary/aromatic N) is 4. The van der Waals surface area contributed by atoms with E-state index in [1.807, 2.05) is 28.9 Å². The highest BCUT2D eigenvalue weighted by molar-refractivity contribution is 5.75. The third-order valence-electron chi connectivity index (χ3n) is 2.73. The molecule has 0 saturated heterocycles. The van der Waals surface area contributed by atoms with Crippen LogP contribution in [0.1, 0.15) is 12.5 Å². The Hall–Kier alpha value is -2.37. The lowest BCUT2D eigenvalue weighted by atomic mass is 10.1. The summed E-state index contributed by atoms with van der Waals surface area (Å²) in [6.07, 6.45) is 2.73. The predicted octanol–water partition coefficient (Wildman–Crippen LogP) is 1.53. The normalized spacial score (nSPS) is 11.1. The maximum Gasteiger partial charge on any atom is 0.198 e. The van der Waals surface area contributed by atoms with Crippen LogP contribution >= 0.6 is 0 Å². The van der Waals surface area contributed by atoms with Crippen molar-refractivity contribution < 1.29 is 4.63 Å². The Labute approximate surface area is 97.0 Å². The number of fused-ring (bicyclic) bond motifs is 1. The smallest absolute Gasteiger partial charge is 0.198 e. The Balaban J connectivity index is 2.33. The minimum absolute atomic E-state index is 0.267. The molecule has 0 atom stereocenters. The molecule has 2 N–H and O–H groups in total. The summed E-state index contributed by atoms with van der Waals surface area (Å²) in [6, 6.07) is 5.91. The molecule has 6 heteroatoms. The van der Waals surface area contributed by atoms with Gasteiger partial charge in [0.05, 0.1) is 5.52 Å². The first-order valence-electron chi connectivity index (χ1n) is 5.36. The van der Waals surface area contributed by atoms with Crippen LogP contribution in [0.2, 0.25) is 0 Å². The Kier molecular flexibility index (Phi) is 2.07. The molecular weight excluding hydrogens is 218 g/mol. The summed E-state index contributed by atoms with van der Waals surface area (Å²) < 4.78 is 6.43. The monoisotopic (exact) mass is 229 g/mol. The maximum atomic E-state index is 5.70. The van der Waals surface area contributed by atoms with E-state index in [0.717, 1.165) is 23.2 Å². The van der Waals surface area contributed by atoms with Crippen molar-refractivity contribution in [3.63, 3.8) is 0 Å². The van der Waals surface area contributed by atoms with Gasteiger partial charge < -0.3 is 5.73 Å². The average Bonchev–Trinajstić information content (AvgIpc) is 2.91. The molecule has 0 aliphatic heterocycles. The molecule has 0 bridgehead atoms. The third kappa shape index (κ3) is 1.37. The molecule has 17 heavy (non-hydrogen) atoms. The fourth-order valence-electron chi connectivity index (χ4n) is 1.95. The second kappa shape index (κ2) is 3.58. The highest BCUT2D eigenvalue weighted by Crippen LogP contribution is 2.27. The van der Waals surface area contributed by atoms with E-state index < -0.39 is 0 Å². The number of aromatic nitrogens is 4. The van der Waals surface area contributed by atoms with Crippen LogP contribution in [-0.4, -0.2) is 19.9 Å². The first kappa shape index (κ1) is 9.83. The van der Waals surface area contributed by atoms with Crippen molar-refractivity contribution in [2.45, 2.75) is 13.3 Å². The van der Waals surface area contributed by atoms with Gasteiger partial charge in [0.2, 0.25) is 0 Å². The molecule has 0 fully saturated rings. The fraction of sp³-hybridized carbons (Fsp3) is 0.182. The van der Waals surface area contributed by atoms with Gasteiger partial charge in [-0.15, -0.1) is 0 Å². The zero-order valence-electron chi connectivity index (χ0n) is 9.29. The number of pyridine rings is 1. The molecule has 0 radical (unpaired) electrons. The van der Waals surface area contributed by atoms with Gasteiger partial charge in [-0.1, -0.05) is 13.0 Å². The van der Waals surface area contributed by atoms with E-state index in [-0.39, 0.29) is 5.82 Å². The quantitative estimate of drug-likeness (QED) is 0.720. The molecule has 0 spiro atoms. The van der Waals surface area contributed by atoms with E-state index in [0.29, 0.717) is 5.69 Å². The van der Waals surface area contributed by atoms with Crippen molar-refractivity contribution in [3.05, 3.63) is 30.0 Å². The lowest BCUT2D eigenvalue weighted by Gasteiger charge is -1.95. The average molecular weight is 229 g/mol. The molecule has 86 valence electrons. The van der Waals surface area contributed by atoms with Gasteiger partial charge in [-0.2, -0.15) is 5.10 Å². The van der Waals surface area contributed by atoms with Gasteiger partial charge in [0.15, 0.2) is 11.5 Å². The number of hydrogen-bond donors (Lipinski definition) is 1. The van der Waals surface area contributed by atoms with Gasteiger partial charge >= 0.3 is 0 Å². The van der Waals surface area contributed by atoms with E-state index in [2.05, 4.69) is 27.0 Å². The summed E-state index contributed by atoms with van der Waals surface area (Å²) in [7, 11) is 0. The molecule has 0 saturated carbocycles. The number of nitrogens with two attached hydrogens (primary N) is 1. The summed E-state index contributed by atoms with van der Waals surface area (Å²) in [5.41, 5.74) is 9.08. The molecule has 0 unspecified atom stereocenters. The summed E-state index contributed by atoms with van der Waals surface area (Å²) in [5, 5.41) is 11.8. The zero-order valence-corrected chi connectivity index (χ0v) is 9.29. The highest BCUT2D eigenvalue weighted by atomic mass is 16.6. The van der Waals surface area contributed by atoms with Crippen LogP contribution in [0.25, 0.3) is 16.9 Å². The topological polar surface area (TPSA) is 82.2 Å². The van der Waals surface area contributed by atoms with Crippen LogP contribution in [0.3, 0.4) is 0 Å². The number of rotatable bonds is 2. The van der Waals surface area contributed by atoms with Crippen LogP contribution in [0, 0.1) is 0 Å². The minimum Gasteiger partial charge on any atom is -0.379 e. The number of hydrogen-bond acceptors (Lipinski definition) is 5. The van der Waals surface area contributed by atoms with Crippen LogP contribution in [0.4, 0.5) is 5.82 Å².